The van der Waals surface area contributed by atoms with Crippen LogP contribution in [0, 0.1) is 11.3 Å². The molecule has 0 bridgehead atoms. The first kappa shape index (κ1) is 35.7. The van der Waals surface area contributed by atoms with Crippen LogP contribution in [0.4, 0.5) is 9.59 Å². The van der Waals surface area contributed by atoms with Crippen molar-refractivity contribution >= 4 is 22.2 Å². The molecule has 3 aliphatic rings. The monoisotopic (exact) mass is 690 g/mol. The van der Waals surface area contributed by atoms with E-state index >= 15 is 0 Å². The smallest absolute Gasteiger partial charge is 0.407 e. The summed E-state index contributed by atoms with van der Waals surface area (Å²) in [6.45, 7) is 4.13. The van der Waals surface area contributed by atoms with Crippen molar-refractivity contribution in [2.75, 3.05) is 46.7 Å². The number of carbonyl (C=O) groups excluding carboxylic acids is 2. The highest BCUT2D eigenvalue weighted by Crippen LogP contribution is 2.40. The van der Waals surface area contributed by atoms with Crippen molar-refractivity contribution in [1.82, 2.24) is 14.5 Å². The molecule has 5 rings (SSSR count). The molecule has 2 amide bonds. The molecule has 2 N–H and O–H groups in total. The summed E-state index contributed by atoms with van der Waals surface area (Å²) in [6, 6.07) is 12.9. The van der Waals surface area contributed by atoms with E-state index in [0.29, 0.717) is 31.6 Å². The zero-order valence-electron chi connectivity index (χ0n) is 27.4. The van der Waals surface area contributed by atoms with Gasteiger partial charge in [0, 0.05) is 26.7 Å². The number of hydrogen-bond donors (Lipinski definition) is 2. The summed E-state index contributed by atoms with van der Waals surface area (Å²) in [4.78, 5) is 25.4. The van der Waals surface area contributed by atoms with E-state index in [9.17, 15) is 28.2 Å². The number of sulfonamides is 1. The molecule has 15 heteroatoms. The van der Waals surface area contributed by atoms with E-state index in [-0.39, 0.29) is 56.0 Å². The fourth-order valence-electron chi connectivity index (χ4n) is 6.29. The van der Waals surface area contributed by atoms with Crippen LogP contribution in [0.1, 0.15) is 38.7 Å². The molecule has 0 aromatic heterocycles. The van der Waals surface area contributed by atoms with Crippen LogP contribution in [-0.2, 0) is 30.7 Å². The van der Waals surface area contributed by atoms with E-state index in [1.165, 1.54) is 17.4 Å². The Bertz CT molecular complexity index is 1520. The zero-order valence-corrected chi connectivity index (χ0v) is 28.2. The fourth-order valence-corrected chi connectivity index (χ4v) is 8.08. The summed E-state index contributed by atoms with van der Waals surface area (Å²) >= 11 is 0. The summed E-state index contributed by atoms with van der Waals surface area (Å²) in [5.74, 6) is 0.292. The summed E-state index contributed by atoms with van der Waals surface area (Å²) in [5, 5.41) is 25.7. The van der Waals surface area contributed by atoms with Crippen LogP contribution in [0.2, 0.25) is 0 Å². The Balaban J connectivity index is 1.38. The quantitative estimate of drug-likeness (QED) is 0.279. The second kappa shape index (κ2) is 15.3. The van der Waals surface area contributed by atoms with Crippen LogP contribution in [0.3, 0.4) is 0 Å². The molecule has 2 saturated heterocycles. The molecule has 0 aliphatic carbocycles. The van der Waals surface area contributed by atoms with Crippen LogP contribution in [0.25, 0.3) is 0 Å². The van der Waals surface area contributed by atoms with E-state index in [4.69, 9.17) is 23.7 Å². The third-order valence-corrected chi connectivity index (χ3v) is 10.8. The van der Waals surface area contributed by atoms with Gasteiger partial charge in [-0.2, -0.15) is 4.31 Å². The first-order valence-corrected chi connectivity index (χ1v) is 17.5. The van der Waals surface area contributed by atoms with Crippen LogP contribution in [0.5, 0.6) is 11.5 Å². The fraction of sp³-hybridized carbons (Fsp3) is 0.576. The first-order valence-electron chi connectivity index (χ1n) is 16.1. The number of alkyl carbamates (subject to hydrolysis) is 1. The highest BCUT2D eigenvalue weighted by Gasteiger charge is 2.44. The molecular formula is C33H44N3O11S-. The van der Waals surface area contributed by atoms with E-state index < -0.39 is 52.2 Å². The summed E-state index contributed by atoms with van der Waals surface area (Å²) in [6.07, 6.45) is -2.54. The van der Waals surface area contributed by atoms with Gasteiger partial charge in [0.05, 0.1) is 31.3 Å². The number of rotatable bonds is 15. The van der Waals surface area contributed by atoms with Gasteiger partial charge in [-0.15, -0.1) is 0 Å². The molecule has 2 aromatic carbocycles. The van der Waals surface area contributed by atoms with Crippen molar-refractivity contribution in [3.05, 3.63) is 54.1 Å². The maximum absolute atomic E-state index is 14.4. The number of fused-ring (bicyclic) bond motifs is 2. The number of hydrogen-bond acceptors (Lipinski definition) is 11. The summed E-state index contributed by atoms with van der Waals surface area (Å²) in [7, 11) is -2.88. The average Bonchev–Trinajstić information content (AvgIpc) is 3.79. The third kappa shape index (κ3) is 8.69. The standard InChI is InChI=1S/C33H45N3O11S/c1-33(2,14-8-15-35(3)32(39)40)20-36(48(41,42)28-12-7-11-26-29(28)46-21-45-26)18-25(37)24(17-22-9-5-4-6-10-22)34-31(38)47-27-19-44-30-23(27)13-16-43-30/h4-7,9-12,23-25,27,30,37H,8,13-21H2,1-3H3,(H,34,38)(H,39,40)/p-1/t23-,24-,25+,27-,30+/m0/s1. The number of para-hydroxylation sites is 1. The Kier molecular flexibility index (Phi) is 11.4. The highest BCUT2D eigenvalue weighted by atomic mass is 32.2. The Labute approximate surface area is 280 Å². The molecule has 14 nitrogen and oxygen atoms in total. The minimum atomic E-state index is -4.29. The van der Waals surface area contributed by atoms with Gasteiger partial charge in [0.15, 0.2) is 17.8 Å². The van der Waals surface area contributed by atoms with Gasteiger partial charge in [0.25, 0.3) is 0 Å². The van der Waals surface area contributed by atoms with E-state index in [2.05, 4.69) is 5.32 Å². The normalized spacial score (nSPS) is 21.5. The maximum Gasteiger partial charge on any atom is 0.407 e. The number of amides is 2. The number of nitrogens with one attached hydrogen (secondary N) is 1. The Morgan fingerprint density at radius 1 is 1.12 bits per heavy atom. The number of carboxylic acid groups (broad SMARTS) is 1. The van der Waals surface area contributed by atoms with Crippen LogP contribution >= 0.6 is 0 Å². The van der Waals surface area contributed by atoms with Crippen molar-refractivity contribution in [2.24, 2.45) is 11.3 Å². The van der Waals surface area contributed by atoms with Gasteiger partial charge in [-0.3, -0.25) is 0 Å². The van der Waals surface area contributed by atoms with Crippen LogP contribution in [0.15, 0.2) is 53.4 Å². The lowest BCUT2D eigenvalue weighted by Gasteiger charge is -2.35. The molecule has 0 unspecified atom stereocenters. The number of aliphatic hydroxyl groups is 1. The first-order chi connectivity index (χ1) is 22.8. The number of carbonyl (C=O) groups is 2. The minimum absolute atomic E-state index is 0.0308. The third-order valence-electron chi connectivity index (χ3n) is 8.94. The largest absolute Gasteiger partial charge is 0.530 e. The SMILES string of the molecule is CN(CCCC(C)(C)CN(C[C@@H](O)[C@H](Cc1ccccc1)NC(=O)O[C@H]1CO[C@H]2OCC[C@H]21)S(=O)(=O)c1cccc2c1OCO2)C(=O)[O-]. The number of nitrogens with zero attached hydrogens (tertiary/aromatic N) is 2. The average molecular weight is 691 g/mol. The predicted molar refractivity (Wildman–Crippen MR) is 170 cm³/mol. The van der Waals surface area contributed by atoms with E-state index in [0.717, 1.165) is 10.5 Å². The van der Waals surface area contributed by atoms with Crippen molar-refractivity contribution in [1.29, 1.82) is 0 Å². The van der Waals surface area contributed by atoms with Crippen LogP contribution in [-0.4, -0.2) is 106 Å². The van der Waals surface area contributed by atoms with E-state index in [1.54, 1.807) is 12.1 Å². The van der Waals surface area contributed by atoms with Gasteiger partial charge in [-0.05, 0) is 48.8 Å². The molecule has 3 aliphatic heterocycles. The molecule has 48 heavy (non-hydrogen) atoms. The second-order valence-corrected chi connectivity index (χ2v) is 15.1. The summed E-state index contributed by atoms with van der Waals surface area (Å²) < 4.78 is 57.7. The van der Waals surface area contributed by atoms with Crippen molar-refractivity contribution < 1.29 is 51.9 Å². The summed E-state index contributed by atoms with van der Waals surface area (Å²) in [5.41, 5.74) is 0.159. The van der Waals surface area contributed by atoms with Gasteiger partial charge in [-0.1, -0.05) is 50.2 Å². The number of ether oxygens (including phenoxy) is 5. The Morgan fingerprint density at radius 3 is 2.65 bits per heavy atom. The molecule has 5 atom stereocenters. The minimum Gasteiger partial charge on any atom is -0.530 e. The molecule has 0 spiro atoms. The van der Waals surface area contributed by atoms with Crippen LogP contribution < -0.4 is 19.9 Å². The zero-order chi connectivity index (χ0) is 34.5. The molecule has 264 valence electrons. The Hall–Kier alpha value is -3.63. The van der Waals surface area contributed by atoms with Gasteiger partial charge >= 0.3 is 6.09 Å². The van der Waals surface area contributed by atoms with Crippen molar-refractivity contribution in [3.63, 3.8) is 0 Å². The topological polar surface area (TPSA) is 176 Å². The molecule has 2 fully saturated rings. The second-order valence-electron chi connectivity index (χ2n) is 13.2. The Morgan fingerprint density at radius 2 is 1.90 bits per heavy atom. The van der Waals surface area contributed by atoms with Crippen molar-refractivity contribution in [3.8, 4) is 11.5 Å². The number of aliphatic hydroxyl groups excluding tert-OH is 1. The maximum atomic E-state index is 14.4. The van der Waals surface area contributed by atoms with Gasteiger partial charge in [0.2, 0.25) is 16.8 Å². The molecule has 0 radical (unpaired) electrons. The van der Waals surface area contributed by atoms with Crippen molar-refractivity contribution in [2.45, 2.75) is 69.0 Å². The van der Waals surface area contributed by atoms with Gasteiger partial charge < -0.3 is 48.9 Å². The predicted octanol–water partition coefficient (Wildman–Crippen LogP) is 1.95. The number of benzene rings is 2. The molecule has 2 aromatic rings. The lowest BCUT2D eigenvalue weighted by atomic mass is 9.87. The highest BCUT2D eigenvalue weighted by molar-refractivity contribution is 7.89. The van der Waals surface area contributed by atoms with Gasteiger partial charge in [0.1, 0.15) is 17.1 Å². The molecule has 3 heterocycles. The van der Waals surface area contributed by atoms with E-state index in [1.807, 2.05) is 44.2 Å². The van der Waals surface area contributed by atoms with Gasteiger partial charge in [-0.25, -0.2) is 13.2 Å². The lowest BCUT2D eigenvalue weighted by Crippen LogP contribution is -2.52. The molecule has 0 saturated carbocycles. The lowest BCUT2D eigenvalue weighted by molar-refractivity contribution is -0.264. The molecular weight excluding hydrogens is 646 g/mol.